The first-order chi connectivity index (χ1) is 12.4. The molecule has 0 spiro atoms. The van der Waals surface area contributed by atoms with Crippen LogP contribution in [-0.4, -0.2) is 25.3 Å². The Balaban J connectivity index is 2.33. The predicted molar refractivity (Wildman–Crippen MR) is 103 cm³/mol. The van der Waals surface area contributed by atoms with Gasteiger partial charge >= 0.3 is 7.60 Å². The van der Waals surface area contributed by atoms with E-state index in [1.54, 1.807) is 6.92 Å². The highest BCUT2D eigenvalue weighted by molar-refractivity contribution is 7.56. The van der Waals surface area contributed by atoms with Gasteiger partial charge in [0.25, 0.3) is 0 Å². The molecular weight excluding hydrogens is 349 g/mol. The Morgan fingerprint density at radius 3 is 2.04 bits per heavy atom. The third-order valence-electron chi connectivity index (χ3n) is 4.61. The SMILES string of the molecule is COP(=O)(OC)[C@](C)(Cc1ccccc1)C(=O)N[C@@H](C)c1ccccc1. The highest BCUT2D eigenvalue weighted by atomic mass is 31.2. The molecule has 0 aliphatic rings. The van der Waals surface area contributed by atoms with Crippen LogP contribution in [0.3, 0.4) is 0 Å². The monoisotopic (exact) mass is 375 g/mol. The van der Waals surface area contributed by atoms with Gasteiger partial charge in [0.05, 0.1) is 6.04 Å². The molecule has 2 aromatic carbocycles. The second kappa shape index (κ2) is 8.63. The molecule has 0 aromatic heterocycles. The van der Waals surface area contributed by atoms with Crippen molar-refractivity contribution in [2.75, 3.05) is 14.2 Å². The quantitative estimate of drug-likeness (QED) is 0.697. The van der Waals surface area contributed by atoms with E-state index in [1.165, 1.54) is 14.2 Å². The summed E-state index contributed by atoms with van der Waals surface area (Å²) in [5.41, 5.74) is 1.85. The van der Waals surface area contributed by atoms with Gasteiger partial charge in [-0.05, 0) is 31.4 Å². The molecule has 0 saturated carbocycles. The van der Waals surface area contributed by atoms with Crippen molar-refractivity contribution in [2.45, 2.75) is 31.5 Å². The Bertz CT molecular complexity index is 758. The minimum absolute atomic E-state index is 0.235. The number of amides is 1. The van der Waals surface area contributed by atoms with Gasteiger partial charge in [0.15, 0.2) is 5.16 Å². The van der Waals surface area contributed by atoms with Crippen LogP contribution < -0.4 is 5.32 Å². The maximum absolute atomic E-state index is 13.2. The van der Waals surface area contributed by atoms with Gasteiger partial charge in [-0.1, -0.05) is 60.7 Å². The second-order valence-electron chi connectivity index (χ2n) is 6.40. The molecule has 2 rings (SSSR count). The van der Waals surface area contributed by atoms with E-state index >= 15 is 0 Å². The molecule has 0 saturated heterocycles. The lowest BCUT2D eigenvalue weighted by Crippen LogP contribution is -2.47. The average Bonchev–Trinajstić information content (AvgIpc) is 2.68. The molecule has 2 atom stereocenters. The molecule has 26 heavy (non-hydrogen) atoms. The van der Waals surface area contributed by atoms with Crippen LogP contribution in [0.25, 0.3) is 0 Å². The van der Waals surface area contributed by atoms with Crippen LogP contribution in [0.5, 0.6) is 0 Å². The zero-order valence-electron chi connectivity index (χ0n) is 15.6. The lowest BCUT2D eigenvalue weighted by molar-refractivity contribution is -0.124. The molecule has 0 heterocycles. The zero-order valence-corrected chi connectivity index (χ0v) is 16.5. The summed E-state index contributed by atoms with van der Waals surface area (Å²) in [6.07, 6.45) is 0.236. The number of benzene rings is 2. The summed E-state index contributed by atoms with van der Waals surface area (Å²) in [4.78, 5) is 13.2. The molecule has 140 valence electrons. The van der Waals surface area contributed by atoms with Gasteiger partial charge in [-0.2, -0.15) is 0 Å². The Kier molecular flexibility index (Phi) is 6.76. The van der Waals surface area contributed by atoms with Crippen molar-refractivity contribution in [3.63, 3.8) is 0 Å². The lowest BCUT2D eigenvalue weighted by atomic mass is 9.98. The van der Waals surface area contributed by atoms with E-state index in [9.17, 15) is 9.36 Å². The van der Waals surface area contributed by atoms with E-state index < -0.39 is 12.8 Å². The van der Waals surface area contributed by atoms with Crippen LogP contribution in [0.2, 0.25) is 0 Å². The highest BCUT2D eigenvalue weighted by Crippen LogP contribution is 2.60. The van der Waals surface area contributed by atoms with Crippen molar-refractivity contribution >= 4 is 13.5 Å². The van der Waals surface area contributed by atoms with E-state index in [1.807, 2.05) is 67.6 Å². The third kappa shape index (κ3) is 4.24. The fourth-order valence-electron chi connectivity index (χ4n) is 2.95. The van der Waals surface area contributed by atoms with Crippen LogP contribution >= 0.6 is 7.60 Å². The summed E-state index contributed by atoms with van der Waals surface area (Å²) in [5.74, 6) is -0.371. The summed E-state index contributed by atoms with van der Waals surface area (Å²) >= 11 is 0. The number of carbonyl (C=O) groups excluding carboxylic acids is 1. The minimum Gasteiger partial charge on any atom is -0.349 e. The first-order valence-corrected chi connectivity index (χ1v) is 10.0. The van der Waals surface area contributed by atoms with Crippen LogP contribution in [0.1, 0.15) is 31.0 Å². The van der Waals surface area contributed by atoms with Crippen molar-refractivity contribution in [3.05, 3.63) is 71.8 Å². The average molecular weight is 375 g/mol. The standard InChI is InChI=1S/C20H26NO4P/c1-16(18-13-9-6-10-14-18)21-19(22)20(2,26(23,24-3)25-4)15-17-11-7-5-8-12-17/h5-14,16H,15H2,1-4H3,(H,21,22)/t16-,20+/m0/s1. The zero-order chi connectivity index (χ0) is 19.2. The Labute approximate surface area is 155 Å². The van der Waals surface area contributed by atoms with Crippen LogP contribution in [0, 0.1) is 0 Å². The molecule has 5 nitrogen and oxygen atoms in total. The van der Waals surface area contributed by atoms with Gasteiger partial charge in [0.1, 0.15) is 0 Å². The molecule has 0 radical (unpaired) electrons. The summed E-state index contributed by atoms with van der Waals surface area (Å²) in [6.45, 7) is 3.52. The fraction of sp³-hybridized carbons (Fsp3) is 0.350. The van der Waals surface area contributed by atoms with Gasteiger partial charge in [-0.3, -0.25) is 9.36 Å². The molecular formula is C20H26NO4P. The number of carbonyl (C=O) groups is 1. The topological polar surface area (TPSA) is 64.6 Å². The third-order valence-corrected chi connectivity index (χ3v) is 7.14. The lowest BCUT2D eigenvalue weighted by Gasteiger charge is -2.34. The van der Waals surface area contributed by atoms with Crippen molar-refractivity contribution < 1.29 is 18.4 Å². The normalized spacial score (nSPS) is 15.1. The fourth-order valence-corrected chi connectivity index (χ4v) is 4.59. The molecule has 0 aliphatic heterocycles. The van der Waals surface area contributed by atoms with Gasteiger partial charge < -0.3 is 14.4 Å². The second-order valence-corrected chi connectivity index (χ2v) is 9.12. The van der Waals surface area contributed by atoms with Crippen molar-refractivity contribution in [3.8, 4) is 0 Å². The maximum Gasteiger partial charge on any atom is 0.345 e. The number of nitrogens with one attached hydrogen (secondary N) is 1. The Morgan fingerprint density at radius 2 is 1.54 bits per heavy atom. The molecule has 0 bridgehead atoms. The summed E-state index contributed by atoms with van der Waals surface area (Å²) < 4.78 is 23.6. The van der Waals surface area contributed by atoms with Gasteiger partial charge in [0, 0.05) is 14.2 Å². The molecule has 0 unspecified atom stereocenters. The van der Waals surface area contributed by atoms with Gasteiger partial charge in [-0.25, -0.2) is 0 Å². The van der Waals surface area contributed by atoms with E-state index in [4.69, 9.17) is 9.05 Å². The smallest absolute Gasteiger partial charge is 0.345 e. The molecule has 6 heteroatoms. The number of hydrogen-bond acceptors (Lipinski definition) is 4. The van der Waals surface area contributed by atoms with E-state index in [0.717, 1.165) is 11.1 Å². The number of rotatable bonds is 8. The van der Waals surface area contributed by atoms with Crippen molar-refractivity contribution in [1.82, 2.24) is 5.32 Å². The molecule has 2 aromatic rings. The van der Waals surface area contributed by atoms with E-state index in [-0.39, 0.29) is 18.4 Å². The van der Waals surface area contributed by atoms with Crippen molar-refractivity contribution in [2.24, 2.45) is 0 Å². The Hall–Kier alpha value is -1.94. The predicted octanol–water partition coefficient (Wildman–Crippen LogP) is 4.35. The molecule has 0 fully saturated rings. The Morgan fingerprint density at radius 1 is 1.04 bits per heavy atom. The largest absolute Gasteiger partial charge is 0.349 e. The first kappa shape index (κ1) is 20.4. The highest BCUT2D eigenvalue weighted by Gasteiger charge is 2.52. The van der Waals surface area contributed by atoms with Crippen LogP contribution in [0.4, 0.5) is 0 Å². The van der Waals surface area contributed by atoms with Gasteiger partial charge in [-0.15, -0.1) is 0 Å². The maximum atomic E-state index is 13.2. The van der Waals surface area contributed by atoms with E-state index in [2.05, 4.69) is 5.32 Å². The van der Waals surface area contributed by atoms with E-state index in [0.29, 0.717) is 0 Å². The number of hydrogen-bond donors (Lipinski definition) is 1. The summed E-state index contributed by atoms with van der Waals surface area (Å²) in [6, 6.07) is 18.8. The minimum atomic E-state index is -3.68. The first-order valence-electron chi connectivity index (χ1n) is 8.48. The van der Waals surface area contributed by atoms with Gasteiger partial charge in [0.2, 0.25) is 5.91 Å². The van der Waals surface area contributed by atoms with Crippen molar-refractivity contribution in [1.29, 1.82) is 0 Å². The summed E-state index contributed by atoms with van der Waals surface area (Å²) in [7, 11) is -1.07. The summed E-state index contributed by atoms with van der Waals surface area (Å²) in [5, 5.41) is 1.60. The van der Waals surface area contributed by atoms with Crippen LogP contribution in [-0.2, 0) is 24.8 Å². The molecule has 1 N–H and O–H groups in total. The van der Waals surface area contributed by atoms with Crippen LogP contribution in [0.15, 0.2) is 60.7 Å². The molecule has 1 amide bonds. The molecule has 0 aliphatic carbocycles.